The third-order valence-electron chi connectivity index (χ3n) is 5.11. The Morgan fingerprint density at radius 3 is 2.83 bits per heavy atom. The average Bonchev–Trinajstić information content (AvgIpc) is 3.04. The van der Waals surface area contributed by atoms with Gasteiger partial charge in [-0.15, -0.1) is 0 Å². The summed E-state index contributed by atoms with van der Waals surface area (Å²) in [6.45, 7) is 6.52. The van der Waals surface area contributed by atoms with E-state index >= 15 is 0 Å². The monoisotopic (exact) mass is 323 g/mol. The molecule has 6 nitrogen and oxygen atoms in total. The van der Waals surface area contributed by atoms with E-state index in [1.165, 1.54) is 12.8 Å². The maximum Gasteiger partial charge on any atom is 0.216 e. The van der Waals surface area contributed by atoms with Crippen molar-refractivity contribution in [2.45, 2.75) is 58.0 Å². The van der Waals surface area contributed by atoms with Gasteiger partial charge in [0, 0.05) is 33.0 Å². The van der Waals surface area contributed by atoms with Crippen molar-refractivity contribution in [3.63, 3.8) is 0 Å². The summed E-state index contributed by atoms with van der Waals surface area (Å²) in [5.74, 6) is 1.31. The maximum atomic E-state index is 6.23. The molecule has 2 fully saturated rings. The number of ether oxygens (including phenoxy) is 3. The summed E-state index contributed by atoms with van der Waals surface area (Å²) in [5.41, 5.74) is 2.10. The lowest BCUT2D eigenvalue weighted by atomic mass is 9.86. The summed E-state index contributed by atoms with van der Waals surface area (Å²) < 4.78 is 19.4. The number of aryl methyl sites for hydroxylation is 2. The lowest BCUT2D eigenvalue weighted by Crippen LogP contribution is -2.37. The highest BCUT2D eigenvalue weighted by molar-refractivity contribution is 5.30. The van der Waals surface area contributed by atoms with E-state index in [2.05, 4.69) is 17.3 Å². The fourth-order valence-corrected chi connectivity index (χ4v) is 3.68. The van der Waals surface area contributed by atoms with Gasteiger partial charge >= 0.3 is 0 Å². The van der Waals surface area contributed by atoms with Gasteiger partial charge in [0.2, 0.25) is 5.88 Å². The van der Waals surface area contributed by atoms with Crippen LogP contribution in [0.5, 0.6) is 5.88 Å². The Bertz CT molecular complexity index is 535. The van der Waals surface area contributed by atoms with E-state index in [-0.39, 0.29) is 11.9 Å². The summed E-state index contributed by atoms with van der Waals surface area (Å²) in [7, 11) is 3.58. The molecule has 1 atom stereocenters. The van der Waals surface area contributed by atoms with Crippen molar-refractivity contribution in [2.24, 2.45) is 13.0 Å². The summed E-state index contributed by atoms with van der Waals surface area (Å²) in [5, 5.41) is 7.87. The molecule has 6 heteroatoms. The van der Waals surface area contributed by atoms with E-state index in [1.54, 1.807) is 11.8 Å². The Morgan fingerprint density at radius 1 is 1.39 bits per heavy atom. The molecule has 0 aromatic carbocycles. The molecule has 2 aliphatic rings. The second-order valence-corrected chi connectivity index (χ2v) is 6.97. The minimum absolute atomic E-state index is 0.131. The van der Waals surface area contributed by atoms with Crippen molar-refractivity contribution in [3.8, 4) is 5.88 Å². The van der Waals surface area contributed by atoms with Gasteiger partial charge in [-0.05, 0) is 25.7 Å². The first kappa shape index (κ1) is 16.7. The van der Waals surface area contributed by atoms with Crippen LogP contribution in [0.3, 0.4) is 0 Å². The van der Waals surface area contributed by atoms with Crippen molar-refractivity contribution in [2.75, 3.05) is 20.3 Å². The molecule has 1 aromatic rings. The zero-order valence-electron chi connectivity index (χ0n) is 14.7. The number of hydrogen-bond donors (Lipinski definition) is 1. The zero-order valence-corrected chi connectivity index (χ0v) is 14.7. The van der Waals surface area contributed by atoms with Crippen LogP contribution in [0, 0.1) is 12.8 Å². The Morgan fingerprint density at radius 2 is 2.13 bits per heavy atom. The predicted octanol–water partition coefficient (Wildman–Crippen LogP) is 2.15. The van der Waals surface area contributed by atoms with Crippen LogP contribution in [0.4, 0.5) is 0 Å². The Kier molecular flexibility index (Phi) is 4.94. The number of aromatic nitrogens is 2. The van der Waals surface area contributed by atoms with E-state index in [0.29, 0.717) is 6.61 Å². The maximum absolute atomic E-state index is 6.23. The molecule has 0 amide bonds. The highest BCUT2D eigenvalue weighted by Gasteiger charge is 2.43. The predicted molar refractivity (Wildman–Crippen MR) is 87.4 cm³/mol. The number of methoxy groups -OCH3 is 1. The van der Waals surface area contributed by atoms with Gasteiger partial charge in [0.05, 0.1) is 31.1 Å². The first-order valence-corrected chi connectivity index (χ1v) is 8.62. The Labute approximate surface area is 138 Å². The van der Waals surface area contributed by atoms with E-state index in [4.69, 9.17) is 14.2 Å². The standard InChI is InChI=1S/C17H29N3O3/c1-12-5-7-17(8-6-12)22-11-14(23-17)9-18-10-15-13(2)19-20(3)16(15)21-4/h12,14,18H,5-11H2,1-4H3. The van der Waals surface area contributed by atoms with Gasteiger partial charge in [-0.2, -0.15) is 5.10 Å². The summed E-state index contributed by atoms with van der Waals surface area (Å²) >= 11 is 0. The Balaban J connectivity index is 1.49. The van der Waals surface area contributed by atoms with Crippen molar-refractivity contribution < 1.29 is 14.2 Å². The fourth-order valence-electron chi connectivity index (χ4n) is 3.68. The van der Waals surface area contributed by atoms with Crippen molar-refractivity contribution in [3.05, 3.63) is 11.3 Å². The van der Waals surface area contributed by atoms with E-state index in [1.807, 2.05) is 14.0 Å². The first-order chi connectivity index (χ1) is 11.0. The van der Waals surface area contributed by atoms with E-state index in [9.17, 15) is 0 Å². The van der Waals surface area contributed by atoms with Crippen molar-refractivity contribution >= 4 is 0 Å². The van der Waals surface area contributed by atoms with Crippen molar-refractivity contribution in [1.29, 1.82) is 0 Å². The molecule has 1 aliphatic heterocycles. The van der Waals surface area contributed by atoms with Gasteiger partial charge in [0.15, 0.2) is 5.79 Å². The second-order valence-electron chi connectivity index (χ2n) is 6.97. The van der Waals surface area contributed by atoms with Crippen LogP contribution in [0.2, 0.25) is 0 Å². The number of rotatable bonds is 5. The van der Waals surface area contributed by atoms with Gasteiger partial charge in [0.25, 0.3) is 0 Å². The van der Waals surface area contributed by atoms with Crippen LogP contribution in [0.15, 0.2) is 0 Å². The molecule has 1 aliphatic carbocycles. The molecule has 23 heavy (non-hydrogen) atoms. The SMILES string of the molecule is COc1c(CNCC2COC3(CCC(C)CC3)O2)c(C)nn1C. The summed E-state index contributed by atoms with van der Waals surface area (Å²) in [4.78, 5) is 0. The third-order valence-corrected chi connectivity index (χ3v) is 5.11. The van der Waals surface area contributed by atoms with E-state index in [0.717, 1.165) is 49.0 Å². The molecule has 0 bridgehead atoms. The van der Waals surface area contributed by atoms with Crippen LogP contribution in [0.1, 0.15) is 43.9 Å². The van der Waals surface area contributed by atoms with Gasteiger partial charge < -0.3 is 19.5 Å². The van der Waals surface area contributed by atoms with Gasteiger partial charge in [-0.1, -0.05) is 6.92 Å². The third kappa shape index (κ3) is 3.54. The highest BCUT2D eigenvalue weighted by Crippen LogP contribution is 2.39. The molecular formula is C17H29N3O3. The van der Waals surface area contributed by atoms with E-state index < -0.39 is 0 Å². The molecule has 1 unspecified atom stereocenters. The lowest BCUT2D eigenvalue weighted by Gasteiger charge is -2.34. The summed E-state index contributed by atoms with van der Waals surface area (Å²) in [6, 6.07) is 0. The molecule has 1 saturated carbocycles. The second kappa shape index (κ2) is 6.79. The number of nitrogens with one attached hydrogen (secondary N) is 1. The zero-order chi connectivity index (χ0) is 16.4. The molecule has 1 aromatic heterocycles. The number of hydrogen-bond acceptors (Lipinski definition) is 5. The number of nitrogens with zero attached hydrogens (tertiary/aromatic N) is 2. The van der Waals surface area contributed by atoms with Crippen molar-refractivity contribution in [1.82, 2.24) is 15.1 Å². The molecule has 1 saturated heterocycles. The molecule has 1 N–H and O–H groups in total. The van der Waals surface area contributed by atoms with Crippen LogP contribution in [0.25, 0.3) is 0 Å². The molecule has 2 heterocycles. The minimum Gasteiger partial charge on any atom is -0.481 e. The fraction of sp³-hybridized carbons (Fsp3) is 0.824. The van der Waals surface area contributed by atoms with Gasteiger partial charge in [0.1, 0.15) is 0 Å². The molecular weight excluding hydrogens is 294 g/mol. The first-order valence-electron chi connectivity index (χ1n) is 8.62. The normalized spacial score (nSPS) is 31.0. The van der Waals surface area contributed by atoms with Gasteiger partial charge in [-0.3, -0.25) is 0 Å². The van der Waals surface area contributed by atoms with Crippen LogP contribution in [-0.4, -0.2) is 41.9 Å². The molecule has 3 rings (SSSR count). The highest BCUT2D eigenvalue weighted by atomic mass is 16.7. The topological polar surface area (TPSA) is 57.5 Å². The average molecular weight is 323 g/mol. The smallest absolute Gasteiger partial charge is 0.216 e. The molecule has 0 radical (unpaired) electrons. The minimum atomic E-state index is -0.305. The molecule has 130 valence electrons. The van der Waals surface area contributed by atoms with Gasteiger partial charge in [-0.25, -0.2) is 4.68 Å². The Hall–Kier alpha value is -1.11. The van der Waals surface area contributed by atoms with Crippen LogP contribution < -0.4 is 10.1 Å². The quantitative estimate of drug-likeness (QED) is 0.900. The van der Waals surface area contributed by atoms with Crippen LogP contribution >= 0.6 is 0 Å². The lowest BCUT2D eigenvalue weighted by molar-refractivity contribution is -0.191. The molecule has 1 spiro atoms. The largest absolute Gasteiger partial charge is 0.481 e. The summed E-state index contributed by atoms with van der Waals surface area (Å²) in [6.07, 6.45) is 4.59. The van der Waals surface area contributed by atoms with Crippen LogP contribution in [-0.2, 0) is 23.1 Å².